The van der Waals surface area contributed by atoms with E-state index in [4.69, 9.17) is 4.74 Å². The Hall–Kier alpha value is -1.97. The van der Waals surface area contributed by atoms with Crippen molar-refractivity contribution in [2.24, 2.45) is 0 Å². The molecule has 0 aliphatic carbocycles. The van der Waals surface area contributed by atoms with Crippen molar-refractivity contribution in [3.63, 3.8) is 0 Å². The first-order valence-electron chi connectivity index (χ1n) is 7.80. The molecule has 0 unspecified atom stereocenters. The topological polar surface area (TPSA) is 106 Å². The van der Waals surface area contributed by atoms with Crippen LogP contribution in [0.1, 0.15) is 19.8 Å². The fourth-order valence-electron chi connectivity index (χ4n) is 3.05. The third-order valence-corrected chi connectivity index (χ3v) is 6.10. The van der Waals surface area contributed by atoms with Gasteiger partial charge in [0.1, 0.15) is 4.90 Å². The summed E-state index contributed by atoms with van der Waals surface area (Å²) in [5.41, 5.74) is 0.351. The molecule has 1 fully saturated rings. The molecule has 0 spiro atoms. The van der Waals surface area contributed by atoms with Crippen LogP contribution in [0.3, 0.4) is 0 Å². The molecule has 0 amide bonds. The first-order valence-corrected chi connectivity index (χ1v) is 9.24. The van der Waals surface area contributed by atoms with Gasteiger partial charge in [-0.2, -0.15) is 4.31 Å². The molecule has 1 atom stereocenters. The van der Waals surface area contributed by atoms with Gasteiger partial charge in [-0.15, -0.1) is 0 Å². The van der Waals surface area contributed by atoms with Crippen molar-refractivity contribution in [2.45, 2.75) is 30.8 Å². The number of nitro groups is 1. The van der Waals surface area contributed by atoms with Crippen LogP contribution in [0.5, 0.6) is 0 Å². The highest BCUT2D eigenvalue weighted by molar-refractivity contribution is 7.89. The maximum absolute atomic E-state index is 12.9. The van der Waals surface area contributed by atoms with Gasteiger partial charge in [0.25, 0.3) is 5.69 Å². The first kappa shape index (κ1) is 16.9. The van der Waals surface area contributed by atoms with Gasteiger partial charge in [-0.05, 0) is 25.8 Å². The third-order valence-electron chi connectivity index (χ3n) is 4.20. The average molecular weight is 353 g/mol. The smallest absolute Gasteiger partial charge is 0.271 e. The average Bonchev–Trinajstić information content (AvgIpc) is 2.99. The number of ether oxygens (including phenoxy) is 1. The molecule has 9 heteroatoms. The van der Waals surface area contributed by atoms with Crippen LogP contribution in [0.15, 0.2) is 29.3 Å². The van der Waals surface area contributed by atoms with Gasteiger partial charge in [-0.25, -0.2) is 8.42 Å². The van der Waals surface area contributed by atoms with Crippen molar-refractivity contribution in [1.82, 2.24) is 9.29 Å². The Balaban J connectivity index is 1.95. The van der Waals surface area contributed by atoms with Crippen molar-refractivity contribution >= 4 is 26.6 Å². The van der Waals surface area contributed by atoms with Gasteiger partial charge >= 0.3 is 0 Å². The number of nitrogens with zero attached hydrogens (tertiary/aromatic N) is 2. The molecule has 0 radical (unpaired) electrons. The minimum Gasteiger partial charge on any atom is -0.377 e. The van der Waals surface area contributed by atoms with Crippen molar-refractivity contribution in [3.05, 3.63) is 34.5 Å². The van der Waals surface area contributed by atoms with Crippen molar-refractivity contribution < 1.29 is 18.1 Å². The summed E-state index contributed by atoms with van der Waals surface area (Å²) in [5, 5.41) is 11.3. The van der Waals surface area contributed by atoms with Gasteiger partial charge < -0.3 is 9.72 Å². The molecule has 130 valence electrons. The molecule has 0 bridgehead atoms. The van der Waals surface area contributed by atoms with E-state index >= 15 is 0 Å². The summed E-state index contributed by atoms with van der Waals surface area (Å²) in [6.45, 7) is 3.22. The van der Waals surface area contributed by atoms with Crippen LogP contribution in [-0.2, 0) is 14.8 Å². The van der Waals surface area contributed by atoms with Crippen LogP contribution in [0.4, 0.5) is 5.69 Å². The Morgan fingerprint density at radius 2 is 2.25 bits per heavy atom. The van der Waals surface area contributed by atoms with Crippen molar-refractivity contribution in [2.75, 3.05) is 19.7 Å². The van der Waals surface area contributed by atoms with Crippen LogP contribution in [-0.4, -0.2) is 48.4 Å². The molecule has 1 aromatic carbocycles. The van der Waals surface area contributed by atoms with Gasteiger partial charge in [0.05, 0.1) is 16.5 Å². The molecule has 24 heavy (non-hydrogen) atoms. The van der Waals surface area contributed by atoms with Crippen LogP contribution in [0.25, 0.3) is 10.9 Å². The number of piperidine rings is 1. The molecule has 3 rings (SSSR count). The lowest BCUT2D eigenvalue weighted by molar-refractivity contribution is -0.384. The van der Waals surface area contributed by atoms with E-state index in [2.05, 4.69) is 4.98 Å². The molecule has 0 saturated carbocycles. The summed E-state index contributed by atoms with van der Waals surface area (Å²) in [5.74, 6) is 0. The zero-order valence-corrected chi connectivity index (χ0v) is 14.1. The highest BCUT2D eigenvalue weighted by Crippen LogP contribution is 2.30. The van der Waals surface area contributed by atoms with Gasteiger partial charge in [0.2, 0.25) is 10.0 Å². The Morgan fingerprint density at radius 3 is 2.96 bits per heavy atom. The van der Waals surface area contributed by atoms with E-state index in [0.717, 1.165) is 12.8 Å². The molecule has 2 aromatic rings. The molecule has 1 saturated heterocycles. The number of sulfonamides is 1. The maximum Gasteiger partial charge on any atom is 0.271 e. The zero-order valence-electron chi connectivity index (χ0n) is 13.3. The van der Waals surface area contributed by atoms with E-state index in [1.165, 1.54) is 28.7 Å². The minimum atomic E-state index is -3.68. The van der Waals surface area contributed by atoms with E-state index in [1.54, 1.807) is 0 Å². The number of hydrogen-bond donors (Lipinski definition) is 1. The molecular formula is C15H19N3O5S. The van der Waals surface area contributed by atoms with Gasteiger partial charge in [-0.3, -0.25) is 10.1 Å². The number of aromatic nitrogens is 1. The maximum atomic E-state index is 12.9. The summed E-state index contributed by atoms with van der Waals surface area (Å²) in [6.07, 6.45) is 2.90. The number of H-pyrrole nitrogens is 1. The summed E-state index contributed by atoms with van der Waals surface area (Å²) in [7, 11) is -3.68. The number of benzene rings is 1. The van der Waals surface area contributed by atoms with Crippen LogP contribution in [0.2, 0.25) is 0 Å². The number of nitrogens with one attached hydrogen (secondary N) is 1. The molecule has 1 aliphatic heterocycles. The number of hydrogen-bond acceptors (Lipinski definition) is 5. The molecular weight excluding hydrogens is 334 g/mol. The van der Waals surface area contributed by atoms with Crippen molar-refractivity contribution in [1.29, 1.82) is 0 Å². The monoisotopic (exact) mass is 353 g/mol. The summed E-state index contributed by atoms with van der Waals surface area (Å²) < 4.78 is 32.9. The van der Waals surface area contributed by atoms with Crippen LogP contribution >= 0.6 is 0 Å². The summed E-state index contributed by atoms with van der Waals surface area (Å²) in [6, 6.07) is 4.13. The SMILES string of the molecule is CCO[C@@H]1CCCN(S(=O)(=O)c2c[nH]c3cc([N+](=O)[O-])ccc23)C1. The van der Waals surface area contributed by atoms with Gasteiger partial charge in [0.15, 0.2) is 0 Å². The fourth-order valence-corrected chi connectivity index (χ4v) is 4.72. The number of non-ortho nitro benzene ring substituents is 1. The molecule has 1 aliphatic rings. The quantitative estimate of drug-likeness (QED) is 0.655. The summed E-state index contributed by atoms with van der Waals surface area (Å²) in [4.78, 5) is 13.3. The minimum absolute atomic E-state index is 0.0809. The molecule has 2 heterocycles. The second-order valence-corrected chi connectivity index (χ2v) is 7.63. The lowest BCUT2D eigenvalue weighted by atomic mass is 10.1. The second-order valence-electron chi connectivity index (χ2n) is 5.72. The normalized spacial score (nSPS) is 19.6. The number of aromatic amines is 1. The Bertz CT molecular complexity index is 859. The number of nitro benzene ring substituents is 1. The van der Waals surface area contributed by atoms with E-state index in [1.807, 2.05) is 6.92 Å². The van der Waals surface area contributed by atoms with Crippen molar-refractivity contribution in [3.8, 4) is 0 Å². The highest BCUT2D eigenvalue weighted by Gasteiger charge is 2.32. The predicted molar refractivity (Wildman–Crippen MR) is 88.4 cm³/mol. The van der Waals surface area contributed by atoms with E-state index in [-0.39, 0.29) is 16.7 Å². The van der Waals surface area contributed by atoms with E-state index < -0.39 is 14.9 Å². The first-order chi connectivity index (χ1) is 11.4. The Morgan fingerprint density at radius 1 is 1.46 bits per heavy atom. The highest BCUT2D eigenvalue weighted by atomic mass is 32.2. The standard InChI is InChI=1S/C15H19N3O5S/c1-2-23-12-4-3-7-17(10-12)24(21,22)15-9-16-14-8-11(18(19)20)5-6-13(14)15/h5-6,8-9,12,16H,2-4,7,10H2,1H3/t12-/m1/s1. The van der Waals surface area contributed by atoms with E-state index in [0.29, 0.717) is 30.6 Å². The van der Waals surface area contributed by atoms with E-state index in [9.17, 15) is 18.5 Å². The Labute approximate surface area is 139 Å². The van der Waals surface area contributed by atoms with Crippen LogP contribution < -0.4 is 0 Å². The van der Waals surface area contributed by atoms with Crippen LogP contribution in [0, 0.1) is 10.1 Å². The lowest BCUT2D eigenvalue weighted by Gasteiger charge is -2.31. The number of fused-ring (bicyclic) bond motifs is 1. The predicted octanol–water partition coefficient (Wildman–Crippen LogP) is 2.27. The molecule has 1 aromatic heterocycles. The molecule has 8 nitrogen and oxygen atoms in total. The Kier molecular flexibility index (Phi) is 4.57. The molecule has 1 N–H and O–H groups in total. The largest absolute Gasteiger partial charge is 0.377 e. The second kappa shape index (κ2) is 6.50. The van der Waals surface area contributed by atoms with Gasteiger partial charge in [0, 0.05) is 43.4 Å². The number of rotatable bonds is 5. The third kappa shape index (κ3) is 3.02. The van der Waals surface area contributed by atoms with Gasteiger partial charge in [-0.1, -0.05) is 0 Å². The fraction of sp³-hybridized carbons (Fsp3) is 0.467. The summed E-state index contributed by atoms with van der Waals surface area (Å²) >= 11 is 0. The lowest BCUT2D eigenvalue weighted by Crippen LogP contribution is -2.43. The zero-order chi connectivity index (χ0) is 17.3.